The first-order chi connectivity index (χ1) is 10.8. The summed E-state index contributed by atoms with van der Waals surface area (Å²) in [5.41, 5.74) is 0.377. The number of halogens is 1. The van der Waals surface area contributed by atoms with Crippen molar-refractivity contribution in [3.8, 4) is 0 Å². The van der Waals surface area contributed by atoms with Crippen molar-refractivity contribution in [2.24, 2.45) is 11.8 Å². The third kappa shape index (κ3) is 3.95. The maximum atomic E-state index is 13.9. The summed E-state index contributed by atoms with van der Waals surface area (Å²) >= 11 is 0. The number of ether oxygens (including phenoxy) is 1. The van der Waals surface area contributed by atoms with E-state index in [1.54, 1.807) is 32.9 Å². The quantitative estimate of drug-likeness (QED) is 0.843. The van der Waals surface area contributed by atoms with E-state index in [1.165, 1.54) is 31.7 Å². The van der Waals surface area contributed by atoms with Gasteiger partial charge in [0.15, 0.2) is 0 Å². The molecule has 0 radical (unpaired) electrons. The summed E-state index contributed by atoms with van der Waals surface area (Å²) < 4.78 is 19.1. The SMILES string of the molecule is CC(C)(C)OC(=O)Nc1cc(NC2CC3CCC2C3)ccc1F. The smallest absolute Gasteiger partial charge is 0.412 e. The van der Waals surface area contributed by atoms with Crippen LogP contribution in [0.5, 0.6) is 0 Å². The molecule has 3 atom stereocenters. The molecule has 0 saturated heterocycles. The van der Waals surface area contributed by atoms with E-state index in [2.05, 4.69) is 10.6 Å². The van der Waals surface area contributed by atoms with Gasteiger partial charge in [-0.1, -0.05) is 6.42 Å². The van der Waals surface area contributed by atoms with Crippen LogP contribution in [0.2, 0.25) is 0 Å². The van der Waals surface area contributed by atoms with Crippen molar-refractivity contribution in [1.29, 1.82) is 0 Å². The number of benzene rings is 1. The molecular formula is C18H25FN2O2. The van der Waals surface area contributed by atoms with Crippen molar-refractivity contribution >= 4 is 17.5 Å². The number of hydrogen-bond acceptors (Lipinski definition) is 3. The fraction of sp³-hybridized carbons (Fsp3) is 0.611. The first-order valence-corrected chi connectivity index (χ1v) is 8.36. The maximum Gasteiger partial charge on any atom is 0.412 e. The van der Waals surface area contributed by atoms with E-state index >= 15 is 0 Å². The van der Waals surface area contributed by atoms with Gasteiger partial charge in [0.2, 0.25) is 0 Å². The summed E-state index contributed by atoms with van der Waals surface area (Å²) in [5.74, 6) is 1.11. The van der Waals surface area contributed by atoms with Crippen molar-refractivity contribution < 1.29 is 13.9 Å². The van der Waals surface area contributed by atoms with Gasteiger partial charge in [-0.2, -0.15) is 0 Å². The van der Waals surface area contributed by atoms with Gasteiger partial charge < -0.3 is 10.1 Å². The third-order valence-electron chi connectivity index (χ3n) is 4.69. The zero-order valence-corrected chi connectivity index (χ0v) is 14.0. The Balaban J connectivity index is 1.65. The minimum absolute atomic E-state index is 0.146. The highest BCUT2D eigenvalue weighted by molar-refractivity contribution is 5.85. The van der Waals surface area contributed by atoms with E-state index in [4.69, 9.17) is 4.74 Å². The summed E-state index contributed by atoms with van der Waals surface area (Å²) in [6.45, 7) is 5.32. The van der Waals surface area contributed by atoms with Gasteiger partial charge in [0.25, 0.3) is 0 Å². The summed E-state index contributed by atoms with van der Waals surface area (Å²) in [6.07, 6.45) is 4.48. The van der Waals surface area contributed by atoms with E-state index in [0.29, 0.717) is 6.04 Å². The summed E-state index contributed by atoms with van der Waals surface area (Å²) in [4.78, 5) is 11.8. The van der Waals surface area contributed by atoms with Gasteiger partial charge in [0.1, 0.15) is 11.4 Å². The van der Waals surface area contributed by atoms with Crippen molar-refractivity contribution in [2.75, 3.05) is 10.6 Å². The zero-order valence-electron chi connectivity index (χ0n) is 14.0. The van der Waals surface area contributed by atoms with E-state index in [-0.39, 0.29) is 5.69 Å². The number of amides is 1. The van der Waals surface area contributed by atoms with Crippen molar-refractivity contribution in [2.45, 2.75) is 58.1 Å². The Morgan fingerprint density at radius 3 is 2.65 bits per heavy atom. The number of nitrogens with one attached hydrogen (secondary N) is 2. The molecule has 2 aliphatic rings. The Morgan fingerprint density at radius 1 is 1.26 bits per heavy atom. The molecule has 1 amide bonds. The van der Waals surface area contributed by atoms with Crippen molar-refractivity contribution in [3.63, 3.8) is 0 Å². The van der Waals surface area contributed by atoms with Crippen LogP contribution in [-0.4, -0.2) is 17.7 Å². The average molecular weight is 320 g/mol. The number of hydrogen-bond donors (Lipinski definition) is 2. The van der Waals surface area contributed by atoms with E-state index < -0.39 is 17.5 Å². The van der Waals surface area contributed by atoms with Crippen LogP contribution in [0.3, 0.4) is 0 Å². The van der Waals surface area contributed by atoms with Crippen LogP contribution in [0, 0.1) is 17.7 Å². The van der Waals surface area contributed by atoms with Gasteiger partial charge in [-0.05, 0) is 70.1 Å². The maximum absolute atomic E-state index is 13.9. The molecule has 2 aliphatic carbocycles. The number of fused-ring (bicyclic) bond motifs is 2. The standard InChI is InChI=1S/C18H25FN2O2/c1-18(2,3)23-17(22)21-16-10-13(6-7-14(16)19)20-15-9-11-4-5-12(15)8-11/h6-7,10-12,15,20H,4-5,8-9H2,1-3H3,(H,21,22). The highest BCUT2D eigenvalue weighted by atomic mass is 19.1. The lowest BCUT2D eigenvalue weighted by Gasteiger charge is -2.24. The van der Waals surface area contributed by atoms with Crippen LogP contribution in [-0.2, 0) is 4.74 Å². The first kappa shape index (κ1) is 16.1. The molecule has 2 saturated carbocycles. The largest absolute Gasteiger partial charge is 0.444 e. The van der Waals surface area contributed by atoms with Gasteiger partial charge in [0, 0.05) is 11.7 Å². The molecule has 0 heterocycles. The van der Waals surface area contributed by atoms with Gasteiger partial charge in [0.05, 0.1) is 5.69 Å². The molecular weight excluding hydrogens is 295 g/mol. The second kappa shape index (κ2) is 6.02. The molecule has 3 unspecified atom stereocenters. The normalized spacial score (nSPS) is 26.2. The fourth-order valence-corrected chi connectivity index (χ4v) is 3.76. The Morgan fingerprint density at radius 2 is 2.04 bits per heavy atom. The average Bonchev–Trinajstić information content (AvgIpc) is 3.03. The summed E-state index contributed by atoms with van der Waals surface area (Å²) in [6, 6.07) is 5.21. The number of anilines is 2. The van der Waals surface area contributed by atoms with Crippen LogP contribution < -0.4 is 10.6 Å². The van der Waals surface area contributed by atoms with Gasteiger partial charge in [-0.3, -0.25) is 5.32 Å². The minimum atomic E-state index is -0.645. The summed E-state index contributed by atoms with van der Waals surface area (Å²) in [7, 11) is 0. The topological polar surface area (TPSA) is 50.4 Å². The molecule has 1 aromatic rings. The summed E-state index contributed by atoms with van der Waals surface area (Å²) in [5, 5.41) is 5.99. The van der Waals surface area contributed by atoms with Gasteiger partial charge in [-0.15, -0.1) is 0 Å². The molecule has 23 heavy (non-hydrogen) atoms. The van der Waals surface area contributed by atoms with E-state index in [9.17, 15) is 9.18 Å². The number of carbonyl (C=O) groups is 1. The number of carbonyl (C=O) groups excluding carboxylic acids is 1. The Labute approximate surface area is 136 Å². The van der Waals surface area contributed by atoms with Crippen LogP contribution in [0.1, 0.15) is 46.5 Å². The Hall–Kier alpha value is -1.78. The van der Waals surface area contributed by atoms with Crippen molar-refractivity contribution in [1.82, 2.24) is 0 Å². The molecule has 2 bridgehead atoms. The monoisotopic (exact) mass is 320 g/mol. The molecule has 1 aromatic carbocycles. The predicted molar refractivity (Wildman–Crippen MR) is 89.1 cm³/mol. The highest BCUT2D eigenvalue weighted by Crippen LogP contribution is 2.45. The van der Waals surface area contributed by atoms with Crippen LogP contribution in [0.4, 0.5) is 20.6 Å². The highest BCUT2D eigenvalue weighted by Gasteiger charge is 2.39. The fourth-order valence-electron chi connectivity index (χ4n) is 3.76. The molecule has 0 aromatic heterocycles. The lowest BCUT2D eigenvalue weighted by molar-refractivity contribution is 0.0635. The van der Waals surface area contributed by atoms with Crippen LogP contribution >= 0.6 is 0 Å². The van der Waals surface area contributed by atoms with Gasteiger partial charge in [-0.25, -0.2) is 9.18 Å². The third-order valence-corrected chi connectivity index (χ3v) is 4.69. The zero-order chi connectivity index (χ0) is 16.6. The minimum Gasteiger partial charge on any atom is -0.444 e. The van der Waals surface area contributed by atoms with Gasteiger partial charge >= 0.3 is 6.09 Å². The Kier molecular flexibility index (Phi) is 4.21. The van der Waals surface area contributed by atoms with Crippen LogP contribution in [0.15, 0.2) is 18.2 Å². The Bertz CT molecular complexity index is 597. The lowest BCUT2D eigenvalue weighted by atomic mass is 9.95. The van der Waals surface area contributed by atoms with Crippen molar-refractivity contribution in [3.05, 3.63) is 24.0 Å². The molecule has 4 nitrogen and oxygen atoms in total. The molecule has 3 rings (SSSR count). The second-order valence-corrected chi connectivity index (χ2v) is 7.75. The van der Waals surface area contributed by atoms with E-state index in [1.807, 2.05) is 0 Å². The van der Waals surface area contributed by atoms with Crippen LogP contribution in [0.25, 0.3) is 0 Å². The lowest BCUT2D eigenvalue weighted by Crippen LogP contribution is -2.28. The second-order valence-electron chi connectivity index (χ2n) is 7.75. The molecule has 2 N–H and O–H groups in total. The molecule has 0 spiro atoms. The first-order valence-electron chi connectivity index (χ1n) is 8.36. The molecule has 5 heteroatoms. The molecule has 0 aliphatic heterocycles. The molecule has 2 fully saturated rings. The number of rotatable bonds is 3. The van der Waals surface area contributed by atoms with E-state index in [0.717, 1.165) is 17.5 Å². The predicted octanol–water partition coefficient (Wildman–Crippen LogP) is 4.77. The molecule has 126 valence electrons.